The van der Waals surface area contributed by atoms with Crippen molar-refractivity contribution in [2.75, 3.05) is 17.8 Å². The Bertz CT molecular complexity index is 528. The molecule has 0 aromatic heterocycles. The highest BCUT2D eigenvalue weighted by atomic mass is 79.9. The SMILES string of the molecule is C[C@H](NCS(=O)(=O)C(F)(F)F)C(=O)N[C@@H](C)C(=O)NCCCCBr. The van der Waals surface area contributed by atoms with Crippen molar-refractivity contribution in [3.63, 3.8) is 0 Å². The predicted molar refractivity (Wildman–Crippen MR) is 86.1 cm³/mol. The highest BCUT2D eigenvalue weighted by Gasteiger charge is 2.45. The summed E-state index contributed by atoms with van der Waals surface area (Å²) in [6, 6.07) is -2.12. The molecular formula is C12H21BrF3N3O4S. The summed E-state index contributed by atoms with van der Waals surface area (Å²) >= 11 is 3.25. The van der Waals surface area contributed by atoms with E-state index in [2.05, 4.69) is 26.6 Å². The molecule has 24 heavy (non-hydrogen) atoms. The van der Waals surface area contributed by atoms with E-state index in [0.717, 1.165) is 18.2 Å². The minimum Gasteiger partial charge on any atom is -0.354 e. The van der Waals surface area contributed by atoms with Gasteiger partial charge in [-0.15, -0.1) is 0 Å². The number of hydrogen-bond donors (Lipinski definition) is 3. The number of carbonyl (C=O) groups excluding carboxylic acids is 2. The van der Waals surface area contributed by atoms with Gasteiger partial charge in [0.05, 0.1) is 6.04 Å². The van der Waals surface area contributed by atoms with Gasteiger partial charge in [0.15, 0.2) is 0 Å². The highest BCUT2D eigenvalue weighted by Crippen LogP contribution is 2.22. The summed E-state index contributed by atoms with van der Waals surface area (Å²) in [4.78, 5) is 23.5. The molecule has 142 valence electrons. The van der Waals surface area contributed by atoms with Gasteiger partial charge in [-0.25, -0.2) is 8.42 Å². The molecule has 0 aromatic carbocycles. The number of sulfone groups is 1. The molecule has 2 amide bonds. The van der Waals surface area contributed by atoms with E-state index in [0.29, 0.717) is 6.54 Å². The Morgan fingerprint density at radius 1 is 1.08 bits per heavy atom. The molecule has 0 spiro atoms. The molecule has 0 aliphatic heterocycles. The Labute approximate surface area is 147 Å². The molecule has 0 fully saturated rings. The number of unbranched alkanes of at least 4 members (excludes halogenated alkanes) is 1. The number of hydrogen-bond acceptors (Lipinski definition) is 5. The second-order valence-corrected chi connectivity index (χ2v) is 7.82. The molecule has 0 heterocycles. The van der Waals surface area contributed by atoms with Gasteiger partial charge in [-0.05, 0) is 26.7 Å². The van der Waals surface area contributed by atoms with Gasteiger partial charge in [0.2, 0.25) is 11.8 Å². The van der Waals surface area contributed by atoms with Crippen molar-refractivity contribution < 1.29 is 31.2 Å². The average molecular weight is 440 g/mol. The zero-order chi connectivity index (χ0) is 19.0. The molecule has 0 unspecified atom stereocenters. The Morgan fingerprint density at radius 3 is 2.17 bits per heavy atom. The minimum atomic E-state index is -5.39. The van der Waals surface area contributed by atoms with E-state index < -0.39 is 45.1 Å². The number of alkyl halides is 4. The van der Waals surface area contributed by atoms with Crippen LogP contribution in [0.4, 0.5) is 13.2 Å². The third kappa shape index (κ3) is 8.29. The van der Waals surface area contributed by atoms with Crippen molar-refractivity contribution in [2.45, 2.75) is 44.3 Å². The third-order valence-electron chi connectivity index (χ3n) is 2.94. The lowest BCUT2D eigenvalue weighted by atomic mass is 10.2. The van der Waals surface area contributed by atoms with E-state index in [1.807, 2.05) is 5.32 Å². The number of amides is 2. The van der Waals surface area contributed by atoms with Gasteiger partial charge in [-0.1, -0.05) is 15.9 Å². The zero-order valence-electron chi connectivity index (χ0n) is 13.2. The summed E-state index contributed by atoms with van der Waals surface area (Å²) < 4.78 is 58.4. The van der Waals surface area contributed by atoms with E-state index in [1.165, 1.54) is 13.8 Å². The summed E-state index contributed by atoms with van der Waals surface area (Å²) in [5.74, 6) is -2.64. The standard InChI is InChI=1S/C12H21BrF3N3O4S/c1-8(18-7-24(22,23)12(14,15)16)11(21)19-9(2)10(20)17-6-4-3-5-13/h8-9,18H,3-7H2,1-2H3,(H,17,20)(H,19,21)/t8-,9-/m0/s1. The first-order valence-corrected chi connectivity index (χ1v) is 9.86. The maximum atomic E-state index is 12.2. The number of rotatable bonds is 10. The number of nitrogens with one attached hydrogen (secondary N) is 3. The molecule has 0 rings (SSSR count). The van der Waals surface area contributed by atoms with Crippen molar-refractivity contribution in [1.29, 1.82) is 0 Å². The van der Waals surface area contributed by atoms with Crippen LogP contribution in [0.3, 0.4) is 0 Å². The monoisotopic (exact) mass is 439 g/mol. The fourth-order valence-electron chi connectivity index (χ4n) is 1.40. The van der Waals surface area contributed by atoms with Crippen LogP contribution < -0.4 is 16.0 Å². The molecule has 0 aliphatic carbocycles. The minimum absolute atomic E-state index is 0.433. The second-order valence-electron chi connectivity index (χ2n) is 5.05. The van der Waals surface area contributed by atoms with Gasteiger partial charge in [-0.2, -0.15) is 13.2 Å². The maximum Gasteiger partial charge on any atom is 0.498 e. The Balaban J connectivity index is 4.33. The van der Waals surface area contributed by atoms with Gasteiger partial charge in [0.1, 0.15) is 11.9 Å². The smallest absolute Gasteiger partial charge is 0.354 e. The molecule has 0 radical (unpaired) electrons. The van der Waals surface area contributed by atoms with Crippen LogP contribution in [0.15, 0.2) is 0 Å². The summed E-state index contributed by atoms with van der Waals surface area (Å²) in [6.45, 7) is 3.04. The fraction of sp³-hybridized carbons (Fsp3) is 0.833. The first-order valence-electron chi connectivity index (χ1n) is 7.09. The zero-order valence-corrected chi connectivity index (χ0v) is 15.6. The highest BCUT2D eigenvalue weighted by molar-refractivity contribution is 9.09. The van der Waals surface area contributed by atoms with Crippen molar-refractivity contribution in [1.82, 2.24) is 16.0 Å². The molecule has 0 saturated heterocycles. The van der Waals surface area contributed by atoms with Gasteiger partial charge < -0.3 is 10.6 Å². The molecular weight excluding hydrogens is 419 g/mol. The maximum absolute atomic E-state index is 12.2. The normalized spacial score (nSPS) is 14.8. The molecule has 0 saturated carbocycles. The van der Waals surface area contributed by atoms with Crippen LogP contribution in [0.1, 0.15) is 26.7 Å². The topological polar surface area (TPSA) is 104 Å². The van der Waals surface area contributed by atoms with Crippen LogP contribution in [-0.2, 0) is 19.4 Å². The van der Waals surface area contributed by atoms with Crippen LogP contribution in [0.5, 0.6) is 0 Å². The third-order valence-corrected chi connectivity index (χ3v) is 4.75. The van der Waals surface area contributed by atoms with E-state index in [9.17, 15) is 31.2 Å². The molecule has 12 heteroatoms. The molecule has 0 aromatic rings. The van der Waals surface area contributed by atoms with Gasteiger partial charge in [0.25, 0.3) is 9.84 Å². The lowest BCUT2D eigenvalue weighted by Gasteiger charge is -2.18. The van der Waals surface area contributed by atoms with E-state index >= 15 is 0 Å². The lowest BCUT2D eigenvalue weighted by molar-refractivity contribution is -0.129. The number of halogens is 4. The molecule has 3 N–H and O–H groups in total. The van der Waals surface area contributed by atoms with Crippen LogP contribution in [0.25, 0.3) is 0 Å². The van der Waals surface area contributed by atoms with E-state index in [1.54, 1.807) is 0 Å². The molecule has 2 atom stereocenters. The average Bonchev–Trinajstić information content (AvgIpc) is 2.47. The second kappa shape index (κ2) is 10.2. The van der Waals surface area contributed by atoms with Gasteiger partial charge >= 0.3 is 5.51 Å². The van der Waals surface area contributed by atoms with Gasteiger partial charge in [-0.3, -0.25) is 14.9 Å². The summed E-state index contributed by atoms with van der Waals surface area (Å²) in [7, 11) is -5.36. The fourth-order valence-corrected chi connectivity index (χ4v) is 2.43. The van der Waals surface area contributed by atoms with Crippen LogP contribution >= 0.6 is 15.9 Å². The Kier molecular flexibility index (Phi) is 9.81. The van der Waals surface area contributed by atoms with E-state index in [4.69, 9.17) is 0 Å². The largest absolute Gasteiger partial charge is 0.498 e. The molecule has 0 bridgehead atoms. The Hall–Kier alpha value is -0.880. The van der Waals surface area contributed by atoms with Crippen LogP contribution in [0, 0.1) is 0 Å². The van der Waals surface area contributed by atoms with E-state index in [-0.39, 0.29) is 0 Å². The van der Waals surface area contributed by atoms with Crippen molar-refractivity contribution in [3.05, 3.63) is 0 Å². The summed E-state index contributed by atoms with van der Waals surface area (Å²) in [5, 5.41) is 7.68. The van der Waals surface area contributed by atoms with Crippen LogP contribution in [0.2, 0.25) is 0 Å². The molecule has 0 aliphatic rings. The number of carbonyl (C=O) groups is 2. The van der Waals surface area contributed by atoms with Gasteiger partial charge in [0, 0.05) is 11.9 Å². The first kappa shape index (κ1) is 23.1. The quantitative estimate of drug-likeness (QED) is 0.342. The predicted octanol–water partition coefficient (Wildman–Crippen LogP) is 0.653. The first-order chi connectivity index (χ1) is 10.9. The molecule has 7 nitrogen and oxygen atoms in total. The van der Waals surface area contributed by atoms with Crippen LogP contribution in [-0.4, -0.2) is 55.6 Å². The summed E-state index contributed by atoms with van der Waals surface area (Å²) in [5.41, 5.74) is -5.39. The van der Waals surface area contributed by atoms with Crippen molar-refractivity contribution in [3.8, 4) is 0 Å². The lowest BCUT2D eigenvalue weighted by Crippen LogP contribution is -2.51. The van der Waals surface area contributed by atoms with Crippen molar-refractivity contribution in [2.24, 2.45) is 0 Å². The van der Waals surface area contributed by atoms with Crippen molar-refractivity contribution >= 4 is 37.6 Å². The Morgan fingerprint density at radius 2 is 1.67 bits per heavy atom. The summed E-state index contributed by atoms with van der Waals surface area (Å²) in [6.07, 6.45) is 1.63.